The Balaban J connectivity index is 1.33. The van der Waals surface area contributed by atoms with E-state index in [-0.39, 0.29) is 47.2 Å². The summed E-state index contributed by atoms with van der Waals surface area (Å²) < 4.78 is 42.4. The Labute approximate surface area is 292 Å². The Morgan fingerprint density at radius 1 is 1.14 bits per heavy atom. The van der Waals surface area contributed by atoms with E-state index in [0.717, 1.165) is 29.5 Å². The second kappa shape index (κ2) is 14.2. The van der Waals surface area contributed by atoms with Gasteiger partial charge in [0.15, 0.2) is 7.14 Å². The molecule has 0 saturated carbocycles. The number of benzene rings is 1. The van der Waals surface area contributed by atoms with Gasteiger partial charge in [0.1, 0.15) is 17.1 Å². The number of hydrogen-bond acceptors (Lipinski definition) is 9. The van der Waals surface area contributed by atoms with Crippen LogP contribution in [0.15, 0.2) is 30.5 Å². The minimum Gasteiger partial charge on any atom is -0.370 e. The highest BCUT2D eigenvalue weighted by atomic mass is 32.1. The maximum Gasteiger partial charge on any atom is 0.322 e. The average molecular weight is 737 g/mol. The third-order valence-electron chi connectivity index (χ3n) is 8.99. The monoisotopic (exact) mass is 736 g/mol. The predicted molar refractivity (Wildman–Crippen MR) is 188 cm³/mol. The number of nitrogens with zero attached hydrogens (tertiary/aromatic N) is 2. The Morgan fingerprint density at radius 2 is 1.88 bits per heavy atom. The lowest BCUT2D eigenvalue weighted by Gasteiger charge is -2.35. The van der Waals surface area contributed by atoms with Crippen molar-refractivity contribution < 1.29 is 32.5 Å². The first kappa shape index (κ1) is 37.0. The van der Waals surface area contributed by atoms with Crippen LogP contribution < -0.4 is 21.7 Å². The van der Waals surface area contributed by atoms with Crippen molar-refractivity contribution >= 4 is 63.5 Å². The summed E-state index contributed by atoms with van der Waals surface area (Å²) in [5.74, 6) is -1.81. The molecular formula is C33H43F2N6O5PS2. The Bertz CT molecular complexity index is 1800. The van der Waals surface area contributed by atoms with E-state index in [4.69, 9.17) is 5.73 Å². The Hall–Kier alpha value is -3.26. The number of nitrogens with two attached hydrogens (primary N) is 1. The van der Waals surface area contributed by atoms with Crippen molar-refractivity contribution in [3.63, 3.8) is 0 Å². The van der Waals surface area contributed by atoms with Crippen LogP contribution in [0.25, 0.3) is 10.1 Å². The van der Waals surface area contributed by atoms with Gasteiger partial charge in [-0.2, -0.15) is 8.78 Å². The minimum atomic E-state index is -3.79. The van der Waals surface area contributed by atoms with Crippen molar-refractivity contribution in [2.45, 2.75) is 88.1 Å². The van der Waals surface area contributed by atoms with Gasteiger partial charge in [0.05, 0.1) is 10.9 Å². The number of thiazole rings is 1. The molecule has 2 fully saturated rings. The molecule has 11 nitrogen and oxygen atoms in total. The van der Waals surface area contributed by atoms with E-state index in [1.165, 1.54) is 35.6 Å². The number of fused-ring (bicyclic) bond motifs is 2. The first-order valence-electron chi connectivity index (χ1n) is 16.2. The van der Waals surface area contributed by atoms with Crippen molar-refractivity contribution in [2.75, 3.05) is 26.4 Å². The van der Waals surface area contributed by atoms with Gasteiger partial charge in [-0.3, -0.25) is 19.2 Å². The lowest BCUT2D eigenvalue weighted by molar-refractivity contribution is -0.142. The lowest BCUT2D eigenvalue weighted by Crippen LogP contribution is -2.60. The molecular weight excluding hydrogens is 694 g/mol. The van der Waals surface area contributed by atoms with E-state index >= 15 is 0 Å². The summed E-state index contributed by atoms with van der Waals surface area (Å²) in [6, 6.07) is 2.86. The van der Waals surface area contributed by atoms with Gasteiger partial charge in [0, 0.05) is 40.3 Å². The quantitative estimate of drug-likeness (QED) is 0.215. The normalized spacial score (nSPS) is 21.2. The number of aromatic nitrogens is 1. The fourth-order valence-corrected chi connectivity index (χ4v) is 8.91. The van der Waals surface area contributed by atoms with Crippen LogP contribution in [0.1, 0.15) is 84.0 Å². The molecule has 0 aliphatic carbocycles. The molecule has 2 aliphatic heterocycles. The van der Waals surface area contributed by atoms with Crippen molar-refractivity contribution in [1.29, 1.82) is 0 Å². The van der Waals surface area contributed by atoms with Gasteiger partial charge in [0.2, 0.25) is 17.7 Å². The fourth-order valence-electron chi connectivity index (χ4n) is 6.14. The van der Waals surface area contributed by atoms with Crippen LogP contribution in [0.2, 0.25) is 0 Å². The molecule has 5 N–H and O–H groups in total. The number of rotatable bonds is 10. The van der Waals surface area contributed by atoms with Crippen LogP contribution in [0.3, 0.4) is 0 Å². The van der Waals surface area contributed by atoms with Gasteiger partial charge in [0.25, 0.3) is 5.91 Å². The zero-order valence-corrected chi connectivity index (χ0v) is 30.7. The van der Waals surface area contributed by atoms with Gasteiger partial charge in [-0.25, -0.2) is 4.98 Å². The number of thiophene rings is 1. The Kier molecular flexibility index (Phi) is 10.7. The van der Waals surface area contributed by atoms with Crippen molar-refractivity contribution in [3.05, 3.63) is 50.8 Å². The molecule has 5 rings (SSSR count). The van der Waals surface area contributed by atoms with Crippen LogP contribution in [-0.4, -0.2) is 78.1 Å². The van der Waals surface area contributed by atoms with Gasteiger partial charge in [-0.15, -0.1) is 22.7 Å². The third-order valence-corrected chi connectivity index (χ3v) is 13.2. The fraction of sp³-hybridized carbons (Fsp3) is 0.545. The molecule has 49 heavy (non-hydrogen) atoms. The maximum absolute atomic E-state index is 14.8. The molecule has 3 aromatic rings. The molecule has 266 valence electrons. The molecule has 0 unspecified atom stereocenters. The maximum atomic E-state index is 14.8. The van der Waals surface area contributed by atoms with Crippen LogP contribution >= 0.6 is 29.8 Å². The first-order chi connectivity index (χ1) is 22.9. The first-order valence-corrected chi connectivity index (χ1v) is 20.5. The largest absolute Gasteiger partial charge is 0.370 e. The zero-order chi connectivity index (χ0) is 35.9. The van der Waals surface area contributed by atoms with Crippen LogP contribution in [-0.2, 0) is 30.0 Å². The lowest BCUT2D eigenvalue weighted by atomic mass is 9.96. The number of alkyl halides is 2. The van der Waals surface area contributed by atoms with Gasteiger partial charge < -0.3 is 31.1 Å². The molecule has 2 saturated heterocycles. The summed E-state index contributed by atoms with van der Waals surface area (Å²) in [4.78, 5) is 60.5. The van der Waals surface area contributed by atoms with Crippen molar-refractivity contribution in [2.24, 2.45) is 5.73 Å². The highest BCUT2D eigenvalue weighted by molar-refractivity contribution is 7.63. The molecule has 0 spiro atoms. The number of halogens is 2. The van der Waals surface area contributed by atoms with Crippen LogP contribution in [0.5, 0.6) is 0 Å². The summed E-state index contributed by atoms with van der Waals surface area (Å²) >= 11 is 2.56. The topological polar surface area (TPSA) is 164 Å². The van der Waals surface area contributed by atoms with Crippen molar-refractivity contribution in [1.82, 2.24) is 25.8 Å². The van der Waals surface area contributed by atoms with Crippen LogP contribution in [0.4, 0.5) is 8.78 Å². The summed E-state index contributed by atoms with van der Waals surface area (Å²) in [5, 5.41) is 10.1. The molecule has 0 bridgehead atoms. The molecule has 4 heterocycles. The highest BCUT2D eigenvalue weighted by Crippen LogP contribution is 2.60. The average Bonchev–Trinajstić information content (AvgIpc) is 3.76. The minimum absolute atomic E-state index is 0.0462. The number of carbonyl (C=O) groups excluding carboxylic acids is 4. The molecule has 0 radical (unpaired) electrons. The summed E-state index contributed by atoms with van der Waals surface area (Å²) in [5.41, 5.74) is 1.38. The van der Waals surface area contributed by atoms with Gasteiger partial charge in [-0.05, 0) is 74.6 Å². The summed E-state index contributed by atoms with van der Waals surface area (Å²) in [6.45, 7) is 8.98. The third kappa shape index (κ3) is 8.05. The second-order valence-electron chi connectivity index (χ2n) is 14.1. The van der Waals surface area contributed by atoms with Gasteiger partial charge >= 0.3 is 5.66 Å². The molecule has 4 amide bonds. The van der Waals surface area contributed by atoms with E-state index in [1.807, 2.05) is 0 Å². The molecule has 2 aliphatic rings. The van der Waals surface area contributed by atoms with E-state index in [0.29, 0.717) is 40.9 Å². The van der Waals surface area contributed by atoms with E-state index in [1.54, 1.807) is 11.1 Å². The van der Waals surface area contributed by atoms with E-state index in [2.05, 4.69) is 41.7 Å². The number of primary amides is 1. The number of carbonyl (C=O) groups is 4. The highest BCUT2D eigenvalue weighted by Gasteiger charge is 2.46. The van der Waals surface area contributed by atoms with Crippen molar-refractivity contribution in [3.8, 4) is 0 Å². The molecule has 1 aromatic carbocycles. The number of nitrogens with one attached hydrogen (secondary N) is 3. The SMILES string of the molecule is CC(C)(C)c1cnc([C@H](CCC(N)=O)NC(=O)[C@@H]2CC[C@@H]3CCNC[C@H](NC(=O)c4cc5cc(C(F)(F)P(C)(C)=O)ccc5s4)C(=O)N32)s1. The zero-order valence-electron chi connectivity index (χ0n) is 28.2. The Morgan fingerprint density at radius 3 is 2.53 bits per heavy atom. The molecule has 2 aromatic heterocycles. The number of amides is 4. The van der Waals surface area contributed by atoms with E-state index < -0.39 is 48.7 Å². The molecule has 4 atom stereocenters. The standard InChI is InChI=1S/C33H43F2N6O5PS2/c1-32(2,3)26-17-38-30(49-26)21(8-11-27(36)42)39-28(43)23-9-7-20-12-13-37-16-22(31(45)41(20)23)40-29(44)25-15-18-14-19(6-10-24(18)48-25)33(34,35)47(4,5)46/h6,10,14-15,17,20-23,37H,7-9,11-13,16H2,1-5H3,(H2,36,42)(H,39,43)(H,40,44)/t20-,21+,22+,23+/m1/s1. The van der Waals surface area contributed by atoms with Crippen LogP contribution in [0, 0.1) is 0 Å². The second-order valence-corrected chi connectivity index (χ2v) is 19.6. The predicted octanol–water partition coefficient (Wildman–Crippen LogP) is 4.90. The number of hydrogen-bond donors (Lipinski definition) is 4. The van der Waals surface area contributed by atoms with E-state index in [9.17, 15) is 32.5 Å². The smallest absolute Gasteiger partial charge is 0.322 e. The molecule has 16 heteroatoms. The van der Waals surface area contributed by atoms with Gasteiger partial charge in [-0.1, -0.05) is 26.8 Å². The summed E-state index contributed by atoms with van der Waals surface area (Å²) in [6.07, 6.45) is 3.75. The summed E-state index contributed by atoms with van der Waals surface area (Å²) in [7, 11) is -3.79.